The molecule has 1 atom stereocenters. The minimum absolute atomic E-state index is 0.254. The van der Waals surface area contributed by atoms with Crippen LogP contribution in [0.1, 0.15) is 59.8 Å². The number of carbonyl (C=O) groups excluding carboxylic acids is 1. The monoisotopic (exact) mass is 270 g/mol. The normalized spacial score (nSPS) is 24.1. The predicted octanol–water partition coefficient (Wildman–Crippen LogP) is 2.60. The number of likely N-dealkylation sites (tertiary alicyclic amines) is 1. The van der Waals surface area contributed by atoms with Crippen LogP contribution in [0.3, 0.4) is 0 Å². The smallest absolute Gasteiger partial charge is 0.329 e. The van der Waals surface area contributed by atoms with Crippen molar-refractivity contribution >= 4 is 12.0 Å². The fourth-order valence-corrected chi connectivity index (χ4v) is 2.42. The largest absolute Gasteiger partial charge is 0.480 e. The van der Waals surface area contributed by atoms with E-state index in [-0.39, 0.29) is 11.6 Å². The molecule has 19 heavy (non-hydrogen) atoms. The molecule has 0 aromatic carbocycles. The highest BCUT2D eigenvalue weighted by Crippen LogP contribution is 2.29. The summed E-state index contributed by atoms with van der Waals surface area (Å²) < 4.78 is 0. The number of amides is 2. The number of carboxylic acids is 1. The van der Waals surface area contributed by atoms with Gasteiger partial charge < -0.3 is 15.3 Å². The lowest BCUT2D eigenvalue weighted by molar-refractivity contribution is -0.150. The summed E-state index contributed by atoms with van der Waals surface area (Å²) >= 11 is 0. The van der Waals surface area contributed by atoms with Crippen molar-refractivity contribution < 1.29 is 14.7 Å². The Morgan fingerprint density at radius 1 is 1.32 bits per heavy atom. The van der Waals surface area contributed by atoms with E-state index in [1.807, 2.05) is 20.8 Å². The van der Waals surface area contributed by atoms with Crippen molar-refractivity contribution in [3.05, 3.63) is 0 Å². The second-order valence-electron chi connectivity index (χ2n) is 5.89. The maximum absolute atomic E-state index is 12.4. The Balaban J connectivity index is 2.87. The molecule has 1 aliphatic rings. The van der Waals surface area contributed by atoms with Gasteiger partial charge in [0.1, 0.15) is 5.54 Å². The molecule has 2 amide bonds. The summed E-state index contributed by atoms with van der Waals surface area (Å²) in [6, 6.07) is -0.254. The minimum Gasteiger partial charge on any atom is -0.480 e. The first-order chi connectivity index (χ1) is 8.79. The van der Waals surface area contributed by atoms with Crippen molar-refractivity contribution in [3.8, 4) is 0 Å². The average molecular weight is 270 g/mol. The summed E-state index contributed by atoms with van der Waals surface area (Å²) in [6.45, 7) is 8.20. The molecule has 1 fully saturated rings. The SMILES string of the molecule is CCC(C)(CC)NC(=O)N1CCCCC1(C)C(=O)O. The van der Waals surface area contributed by atoms with Crippen molar-refractivity contribution in [1.29, 1.82) is 0 Å². The highest BCUT2D eigenvalue weighted by atomic mass is 16.4. The summed E-state index contributed by atoms with van der Waals surface area (Å²) in [7, 11) is 0. The van der Waals surface area contributed by atoms with Gasteiger partial charge in [-0.25, -0.2) is 9.59 Å². The predicted molar refractivity (Wildman–Crippen MR) is 74.1 cm³/mol. The number of carbonyl (C=O) groups is 2. The Morgan fingerprint density at radius 2 is 1.89 bits per heavy atom. The Hall–Kier alpha value is -1.26. The molecule has 5 heteroatoms. The summed E-state index contributed by atoms with van der Waals surface area (Å²) in [5, 5.41) is 12.4. The Kier molecular flexibility index (Phi) is 4.82. The van der Waals surface area contributed by atoms with Crippen molar-refractivity contribution in [3.63, 3.8) is 0 Å². The molecule has 0 aromatic rings. The molecule has 0 bridgehead atoms. The molecule has 110 valence electrons. The molecular formula is C14H26N2O3. The zero-order valence-electron chi connectivity index (χ0n) is 12.5. The maximum atomic E-state index is 12.4. The summed E-state index contributed by atoms with van der Waals surface area (Å²) in [5.41, 5.74) is -1.35. The minimum atomic E-state index is -1.08. The quantitative estimate of drug-likeness (QED) is 0.825. The van der Waals surface area contributed by atoms with Gasteiger partial charge >= 0.3 is 12.0 Å². The second kappa shape index (κ2) is 5.80. The van der Waals surface area contributed by atoms with Gasteiger partial charge in [0.05, 0.1) is 0 Å². The number of urea groups is 1. The molecule has 0 aliphatic carbocycles. The number of rotatable bonds is 4. The van der Waals surface area contributed by atoms with Crippen LogP contribution in [0.15, 0.2) is 0 Å². The van der Waals surface area contributed by atoms with Gasteiger partial charge in [0.15, 0.2) is 0 Å². The van der Waals surface area contributed by atoms with Crippen LogP contribution in [0.5, 0.6) is 0 Å². The van der Waals surface area contributed by atoms with Crippen LogP contribution in [0.25, 0.3) is 0 Å². The van der Waals surface area contributed by atoms with Crippen LogP contribution in [-0.4, -0.2) is 39.6 Å². The summed E-state index contributed by atoms with van der Waals surface area (Å²) in [4.78, 5) is 25.4. The number of piperidine rings is 1. The lowest BCUT2D eigenvalue weighted by Gasteiger charge is -2.43. The van der Waals surface area contributed by atoms with Gasteiger partial charge in [-0.05, 0) is 46.0 Å². The Morgan fingerprint density at radius 3 is 2.37 bits per heavy atom. The number of aliphatic carboxylic acids is 1. The van der Waals surface area contributed by atoms with E-state index in [0.717, 1.165) is 25.7 Å². The lowest BCUT2D eigenvalue weighted by Crippen LogP contribution is -2.62. The van der Waals surface area contributed by atoms with Crippen molar-refractivity contribution in [1.82, 2.24) is 10.2 Å². The van der Waals surface area contributed by atoms with Gasteiger partial charge in [0.2, 0.25) is 0 Å². The van der Waals surface area contributed by atoms with Crippen molar-refractivity contribution in [2.45, 2.75) is 70.9 Å². The van der Waals surface area contributed by atoms with Gasteiger partial charge in [-0.3, -0.25) is 0 Å². The van der Waals surface area contributed by atoms with E-state index in [2.05, 4.69) is 5.32 Å². The molecular weight excluding hydrogens is 244 g/mol. The topological polar surface area (TPSA) is 69.6 Å². The summed E-state index contributed by atoms with van der Waals surface area (Å²) in [6.07, 6.45) is 3.89. The number of hydrogen-bond acceptors (Lipinski definition) is 2. The van der Waals surface area contributed by atoms with E-state index >= 15 is 0 Å². The fraction of sp³-hybridized carbons (Fsp3) is 0.857. The van der Waals surface area contributed by atoms with Crippen LogP contribution in [0.2, 0.25) is 0 Å². The maximum Gasteiger partial charge on any atom is 0.329 e. The molecule has 0 spiro atoms. The third-order valence-electron chi connectivity index (χ3n) is 4.57. The third-order valence-corrected chi connectivity index (χ3v) is 4.57. The average Bonchev–Trinajstić information content (AvgIpc) is 2.38. The zero-order valence-corrected chi connectivity index (χ0v) is 12.5. The van der Waals surface area contributed by atoms with Gasteiger partial charge in [0.25, 0.3) is 0 Å². The molecule has 1 heterocycles. The van der Waals surface area contributed by atoms with Gasteiger partial charge in [-0.15, -0.1) is 0 Å². The van der Waals surface area contributed by atoms with E-state index < -0.39 is 11.5 Å². The van der Waals surface area contributed by atoms with Gasteiger partial charge in [0, 0.05) is 12.1 Å². The van der Waals surface area contributed by atoms with Gasteiger partial charge in [-0.1, -0.05) is 13.8 Å². The van der Waals surface area contributed by atoms with Crippen molar-refractivity contribution in [2.75, 3.05) is 6.54 Å². The molecule has 1 aliphatic heterocycles. The molecule has 0 radical (unpaired) electrons. The van der Waals surface area contributed by atoms with E-state index in [1.165, 1.54) is 4.90 Å². The first kappa shape index (κ1) is 15.8. The van der Waals surface area contributed by atoms with E-state index in [4.69, 9.17) is 0 Å². The van der Waals surface area contributed by atoms with Crippen LogP contribution >= 0.6 is 0 Å². The molecule has 0 aromatic heterocycles. The highest BCUT2D eigenvalue weighted by molar-refractivity contribution is 5.86. The van der Waals surface area contributed by atoms with Crippen molar-refractivity contribution in [2.24, 2.45) is 0 Å². The first-order valence-corrected chi connectivity index (χ1v) is 7.12. The summed E-state index contributed by atoms with van der Waals surface area (Å²) in [5.74, 6) is -0.919. The number of nitrogens with one attached hydrogen (secondary N) is 1. The van der Waals surface area contributed by atoms with Crippen LogP contribution < -0.4 is 5.32 Å². The van der Waals surface area contributed by atoms with E-state index in [0.29, 0.717) is 13.0 Å². The van der Waals surface area contributed by atoms with Crippen LogP contribution in [-0.2, 0) is 4.79 Å². The molecule has 1 rings (SSSR count). The fourth-order valence-electron chi connectivity index (χ4n) is 2.42. The molecule has 2 N–H and O–H groups in total. The van der Waals surface area contributed by atoms with Crippen LogP contribution in [0.4, 0.5) is 4.79 Å². The van der Waals surface area contributed by atoms with Gasteiger partial charge in [-0.2, -0.15) is 0 Å². The molecule has 1 unspecified atom stereocenters. The van der Waals surface area contributed by atoms with E-state index in [1.54, 1.807) is 6.92 Å². The molecule has 0 saturated carbocycles. The zero-order chi connectivity index (χ0) is 14.7. The van der Waals surface area contributed by atoms with E-state index in [9.17, 15) is 14.7 Å². The number of hydrogen-bond donors (Lipinski definition) is 2. The molecule has 1 saturated heterocycles. The number of nitrogens with zero attached hydrogens (tertiary/aromatic N) is 1. The first-order valence-electron chi connectivity index (χ1n) is 7.12. The third kappa shape index (κ3) is 3.19. The lowest BCUT2D eigenvalue weighted by atomic mass is 9.88. The Labute approximate surface area is 115 Å². The standard InChI is InChI=1S/C14H26N2O3/c1-5-13(3,6-2)15-12(19)16-10-8-7-9-14(16,4)11(17)18/h5-10H2,1-4H3,(H,15,19)(H,17,18). The molecule has 5 nitrogen and oxygen atoms in total. The Bertz CT molecular complexity index is 353. The van der Waals surface area contributed by atoms with Crippen LogP contribution in [0, 0.1) is 0 Å². The highest BCUT2D eigenvalue weighted by Gasteiger charge is 2.44. The number of carboxylic acid groups (broad SMARTS) is 1. The second-order valence-corrected chi connectivity index (χ2v) is 5.89.